The maximum Gasteiger partial charge on any atom is 0.234 e. The quantitative estimate of drug-likeness (QED) is 0.723. The van der Waals surface area contributed by atoms with Crippen LogP contribution >= 0.6 is 0 Å². The summed E-state index contributed by atoms with van der Waals surface area (Å²) < 4.78 is 0. The molecule has 0 spiro atoms. The SMILES string of the molecule is NCCN(CC(=O)NC1CCCCC1)C1CC1. The Morgan fingerprint density at radius 1 is 1.18 bits per heavy atom. The number of nitrogens with zero attached hydrogens (tertiary/aromatic N) is 1. The number of carbonyl (C=O) groups is 1. The van der Waals surface area contributed by atoms with Crippen molar-refractivity contribution in [3.63, 3.8) is 0 Å². The van der Waals surface area contributed by atoms with Crippen molar-refractivity contribution in [1.82, 2.24) is 10.2 Å². The number of rotatable bonds is 6. The standard InChI is InChI=1S/C13H25N3O/c14-8-9-16(12-6-7-12)10-13(17)15-11-4-2-1-3-5-11/h11-12H,1-10,14H2,(H,15,17). The Hall–Kier alpha value is -0.610. The molecule has 17 heavy (non-hydrogen) atoms. The lowest BCUT2D eigenvalue weighted by Crippen LogP contribution is -2.44. The summed E-state index contributed by atoms with van der Waals surface area (Å²) in [6, 6.07) is 1.05. The van der Waals surface area contributed by atoms with Crippen molar-refractivity contribution in [2.24, 2.45) is 5.73 Å². The van der Waals surface area contributed by atoms with E-state index in [4.69, 9.17) is 5.73 Å². The van der Waals surface area contributed by atoms with Crippen LogP contribution in [-0.4, -0.2) is 42.5 Å². The van der Waals surface area contributed by atoms with Gasteiger partial charge in [0.2, 0.25) is 5.91 Å². The largest absolute Gasteiger partial charge is 0.352 e. The fraction of sp³-hybridized carbons (Fsp3) is 0.923. The minimum absolute atomic E-state index is 0.192. The van der Waals surface area contributed by atoms with Crippen molar-refractivity contribution in [1.29, 1.82) is 0 Å². The summed E-state index contributed by atoms with van der Waals surface area (Å²) in [4.78, 5) is 14.2. The van der Waals surface area contributed by atoms with Gasteiger partial charge in [-0.15, -0.1) is 0 Å². The van der Waals surface area contributed by atoms with Gasteiger partial charge in [-0.25, -0.2) is 0 Å². The van der Waals surface area contributed by atoms with Crippen molar-refractivity contribution >= 4 is 5.91 Å². The Labute approximate surface area is 104 Å². The van der Waals surface area contributed by atoms with Crippen molar-refractivity contribution in [3.05, 3.63) is 0 Å². The van der Waals surface area contributed by atoms with Gasteiger partial charge in [0.15, 0.2) is 0 Å². The first-order valence-corrected chi connectivity index (χ1v) is 7.03. The van der Waals surface area contributed by atoms with Crippen LogP contribution in [0.25, 0.3) is 0 Å². The molecule has 1 amide bonds. The van der Waals surface area contributed by atoms with Gasteiger partial charge >= 0.3 is 0 Å². The highest BCUT2D eigenvalue weighted by molar-refractivity contribution is 5.78. The van der Waals surface area contributed by atoms with E-state index in [1.165, 1.54) is 32.1 Å². The molecule has 0 saturated heterocycles. The average Bonchev–Trinajstić information content (AvgIpc) is 3.13. The molecule has 2 aliphatic carbocycles. The van der Waals surface area contributed by atoms with Gasteiger partial charge in [-0.3, -0.25) is 9.69 Å². The van der Waals surface area contributed by atoms with Crippen LogP contribution < -0.4 is 11.1 Å². The Morgan fingerprint density at radius 3 is 2.47 bits per heavy atom. The van der Waals surface area contributed by atoms with E-state index >= 15 is 0 Å². The van der Waals surface area contributed by atoms with Crippen LogP contribution in [0.15, 0.2) is 0 Å². The van der Waals surface area contributed by atoms with E-state index in [2.05, 4.69) is 10.2 Å². The number of carbonyl (C=O) groups excluding carboxylic acids is 1. The molecule has 0 aromatic carbocycles. The summed E-state index contributed by atoms with van der Waals surface area (Å²) in [6.07, 6.45) is 8.64. The number of hydrogen-bond acceptors (Lipinski definition) is 3. The molecule has 98 valence electrons. The predicted octanol–water partition coefficient (Wildman–Crippen LogP) is 0.858. The first-order valence-electron chi connectivity index (χ1n) is 7.03. The number of nitrogens with one attached hydrogen (secondary N) is 1. The molecule has 4 heteroatoms. The third-order valence-electron chi connectivity index (χ3n) is 3.80. The second-order valence-electron chi connectivity index (χ2n) is 5.39. The van der Waals surface area contributed by atoms with Crippen LogP contribution in [0.5, 0.6) is 0 Å². The Bertz CT molecular complexity index is 247. The summed E-state index contributed by atoms with van der Waals surface area (Å²) in [5, 5.41) is 3.17. The van der Waals surface area contributed by atoms with Gasteiger partial charge in [0, 0.05) is 25.2 Å². The van der Waals surface area contributed by atoms with E-state index in [0.717, 1.165) is 19.4 Å². The van der Waals surface area contributed by atoms with Crippen LogP contribution in [0, 0.1) is 0 Å². The van der Waals surface area contributed by atoms with E-state index in [1.54, 1.807) is 0 Å². The first-order chi connectivity index (χ1) is 8.29. The Morgan fingerprint density at radius 2 is 1.88 bits per heavy atom. The summed E-state index contributed by atoms with van der Waals surface area (Å²) in [7, 11) is 0. The molecule has 0 unspecified atom stereocenters. The second kappa shape index (κ2) is 6.36. The second-order valence-corrected chi connectivity index (χ2v) is 5.39. The molecule has 0 radical (unpaired) electrons. The molecule has 0 aromatic heterocycles. The van der Waals surface area contributed by atoms with E-state index in [-0.39, 0.29) is 5.91 Å². The maximum absolute atomic E-state index is 11.9. The zero-order chi connectivity index (χ0) is 12.1. The van der Waals surface area contributed by atoms with Gasteiger partial charge in [0.05, 0.1) is 6.54 Å². The van der Waals surface area contributed by atoms with Crippen molar-refractivity contribution in [3.8, 4) is 0 Å². The Balaban J connectivity index is 1.70. The normalized spacial score (nSPS) is 21.8. The third kappa shape index (κ3) is 4.28. The highest BCUT2D eigenvalue weighted by Gasteiger charge is 2.30. The molecule has 0 bridgehead atoms. The molecule has 0 atom stereocenters. The summed E-state index contributed by atoms with van der Waals surface area (Å²) >= 11 is 0. The number of hydrogen-bond donors (Lipinski definition) is 2. The Kier molecular flexibility index (Phi) is 4.80. The lowest BCUT2D eigenvalue weighted by atomic mass is 9.95. The third-order valence-corrected chi connectivity index (χ3v) is 3.80. The van der Waals surface area contributed by atoms with Gasteiger partial charge in [0.1, 0.15) is 0 Å². The molecule has 4 nitrogen and oxygen atoms in total. The van der Waals surface area contributed by atoms with E-state index in [0.29, 0.717) is 25.2 Å². The molecule has 3 N–H and O–H groups in total. The van der Waals surface area contributed by atoms with Crippen LogP contribution in [0.3, 0.4) is 0 Å². The van der Waals surface area contributed by atoms with Crippen LogP contribution in [-0.2, 0) is 4.79 Å². The zero-order valence-electron chi connectivity index (χ0n) is 10.7. The van der Waals surface area contributed by atoms with Gasteiger partial charge in [-0.2, -0.15) is 0 Å². The maximum atomic E-state index is 11.9. The minimum atomic E-state index is 0.192. The van der Waals surface area contributed by atoms with Crippen LogP contribution in [0.4, 0.5) is 0 Å². The summed E-state index contributed by atoms with van der Waals surface area (Å²) in [5.74, 6) is 0.192. The average molecular weight is 239 g/mol. The predicted molar refractivity (Wildman–Crippen MR) is 68.7 cm³/mol. The zero-order valence-corrected chi connectivity index (χ0v) is 10.7. The number of amides is 1. The van der Waals surface area contributed by atoms with E-state index in [9.17, 15) is 4.79 Å². The molecule has 2 aliphatic rings. The molecular weight excluding hydrogens is 214 g/mol. The molecular formula is C13H25N3O. The lowest BCUT2D eigenvalue weighted by Gasteiger charge is -2.25. The van der Waals surface area contributed by atoms with Gasteiger partial charge < -0.3 is 11.1 Å². The van der Waals surface area contributed by atoms with Gasteiger partial charge in [-0.1, -0.05) is 19.3 Å². The smallest absolute Gasteiger partial charge is 0.234 e. The molecule has 2 saturated carbocycles. The highest BCUT2D eigenvalue weighted by Crippen LogP contribution is 2.26. The number of nitrogens with two attached hydrogens (primary N) is 1. The molecule has 0 heterocycles. The fourth-order valence-corrected chi connectivity index (χ4v) is 2.70. The lowest BCUT2D eigenvalue weighted by molar-refractivity contribution is -0.123. The topological polar surface area (TPSA) is 58.4 Å². The monoisotopic (exact) mass is 239 g/mol. The van der Waals surface area contributed by atoms with Crippen molar-refractivity contribution in [2.75, 3.05) is 19.6 Å². The summed E-state index contributed by atoms with van der Waals surface area (Å²) in [6.45, 7) is 2.04. The molecule has 2 rings (SSSR count). The summed E-state index contributed by atoms with van der Waals surface area (Å²) in [5.41, 5.74) is 5.58. The van der Waals surface area contributed by atoms with Crippen LogP contribution in [0.1, 0.15) is 44.9 Å². The molecule has 0 aliphatic heterocycles. The van der Waals surface area contributed by atoms with Gasteiger partial charge in [0.25, 0.3) is 0 Å². The minimum Gasteiger partial charge on any atom is -0.352 e. The van der Waals surface area contributed by atoms with E-state index in [1.807, 2.05) is 0 Å². The van der Waals surface area contributed by atoms with Crippen LogP contribution in [0.2, 0.25) is 0 Å². The highest BCUT2D eigenvalue weighted by atomic mass is 16.2. The molecule has 0 aromatic rings. The van der Waals surface area contributed by atoms with E-state index < -0.39 is 0 Å². The molecule has 2 fully saturated rings. The van der Waals surface area contributed by atoms with Crippen molar-refractivity contribution in [2.45, 2.75) is 57.0 Å². The fourth-order valence-electron chi connectivity index (χ4n) is 2.70. The van der Waals surface area contributed by atoms with Crippen molar-refractivity contribution < 1.29 is 4.79 Å². The van der Waals surface area contributed by atoms with Gasteiger partial charge in [-0.05, 0) is 25.7 Å². The first kappa shape index (κ1) is 12.8.